The highest BCUT2D eigenvalue weighted by Crippen LogP contribution is 2.19. The first kappa shape index (κ1) is 12.9. The number of hydrogen-bond acceptors (Lipinski definition) is 3. The van der Waals surface area contributed by atoms with Gasteiger partial charge in [-0.3, -0.25) is 0 Å². The molecule has 3 aromatic rings. The Balaban J connectivity index is 2.08. The third-order valence-electron chi connectivity index (χ3n) is 3.13. The van der Waals surface area contributed by atoms with E-state index < -0.39 is 0 Å². The zero-order chi connectivity index (χ0) is 14.1. The van der Waals surface area contributed by atoms with Gasteiger partial charge in [0.25, 0.3) is 0 Å². The molecule has 0 saturated heterocycles. The molecular weight excluding hydrogens is 274 g/mol. The van der Waals surface area contributed by atoms with Crippen LogP contribution in [-0.2, 0) is 6.42 Å². The maximum Gasteiger partial charge on any atom is 0.346 e. The lowest BCUT2D eigenvalue weighted by atomic mass is 10.1. The molecule has 0 atom stereocenters. The minimum Gasteiger partial charge on any atom is -0.408 e. The molecule has 0 aliphatic rings. The SMILES string of the molecule is Cc1ccc2nc(Cc3ccccc3Cl)oc(=O)c2c1. The molecule has 0 radical (unpaired) electrons. The van der Waals surface area contributed by atoms with E-state index in [4.69, 9.17) is 16.0 Å². The fourth-order valence-electron chi connectivity index (χ4n) is 2.11. The molecule has 1 heterocycles. The highest BCUT2D eigenvalue weighted by atomic mass is 35.5. The molecule has 0 fully saturated rings. The van der Waals surface area contributed by atoms with Crippen molar-refractivity contribution in [2.75, 3.05) is 0 Å². The molecule has 3 rings (SSSR count). The Bertz CT molecular complexity index is 839. The summed E-state index contributed by atoms with van der Waals surface area (Å²) in [6.45, 7) is 1.93. The summed E-state index contributed by atoms with van der Waals surface area (Å²) < 4.78 is 5.28. The Hall–Kier alpha value is -2.13. The Morgan fingerprint density at radius 2 is 2.00 bits per heavy atom. The number of nitrogens with zero attached hydrogens (tertiary/aromatic N) is 1. The second-order valence-corrected chi connectivity index (χ2v) is 5.09. The normalized spacial score (nSPS) is 10.9. The van der Waals surface area contributed by atoms with Gasteiger partial charge in [0.15, 0.2) is 0 Å². The molecule has 100 valence electrons. The summed E-state index contributed by atoms with van der Waals surface area (Å²) in [5, 5.41) is 1.15. The molecule has 0 aliphatic heterocycles. The molecule has 0 bridgehead atoms. The van der Waals surface area contributed by atoms with Crippen LogP contribution in [0.5, 0.6) is 0 Å². The molecule has 0 spiro atoms. The van der Waals surface area contributed by atoms with Crippen molar-refractivity contribution in [2.45, 2.75) is 13.3 Å². The highest BCUT2D eigenvalue weighted by Gasteiger charge is 2.09. The van der Waals surface area contributed by atoms with E-state index in [-0.39, 0.29) is 5.63 Å². The predicted molar refractivity (Wildman–Crippen MR) is 79.3 cm³/mol. The van der Waals surface area contributed by atoms with Crippen LogP contribution >= 0.6 is 11.6 Å². The first-order chi connectivity index (χ1) is 9.63. The number of rotatable bonds is 2. The Labute approximate surface area is 120 Å². The lowest BCUT2D eigenvalue weighted by Crippen LogP contribution is -2.06. The lowest BCUT2D eigenvalue weighted by Gasteiger charge is -2.04. The summed E-state index contributed by atoms with van der Waals surface area (Å²) in [5.74, 6) is 0.374. The third-order valence-corrected chi connectivity index (χ3v) is 3.50. The van der Waals surface area contributed by atoms with Crippen molar-refractivity contribution in [3.8, 4) is 0 Å². The standard InChI is InChI=1S/C16H12ClNO2/c1-10-6-7-14-12(8-10)16(19)20-15(18-14)9-11-4-2-3-5-13(11)17/h2-8H,9H2,1H3. The first-order valence-electron chi connectivity index (χ1n) is 6.27. The second kappa shape index (κ2) is 5.10. The van der Waals surface area contributed by atoms with Crippen LogP contribution < -0.4 is 5.63 Å². The van der Waals surface area contributed by atoms with E-state index in [1.807, 2.05) is 37.3 Å². The van der Waals surface area contributed by atoms with Gasteiger partial charge in [-0.15, -0.1) is 0 Å². The number of benzene rings is 2. The zero-order valence-electron chi connectivity index (χ0n) is 10.9. The van der Waals surface area contributed by atoms with Crippen LogP contribution in [0.3, 0.4) is 0 Å². The summed E-state index contributed by atoms with van der Waals surface area (Å²) in [4.78, 5) is 16.4. The van der Waals surface area contributed by atoms with Crippen molar-refractivity contribution in [3.63, 3.8) is 0 Å². The number of fused-ring (bicyclic) bond motifs is 1. The second-order valence-electron chi connectivity index (χ2n) is 4.68. The monoisotopic (exact) mass is 285 g/mol. The van der Waals surface area contributed by atoms with Gasteiger partial charge >= 0.3 is 5.63 Å². The Kier molecular flexibility index (Phi) is 3.28. The van der Waals surface area contributed by atoms with Gasteiger partial charge < -0.3 is 4.42 Å². The molecule has 3 nitrogen and oxygen atoms in total. The van der Waals surface area contributed by atoms with Crippen LogP contribution in [0.2, 0.25) is 5.02 Å². The zero-order valence-corrected chi connectivity index (χ0v) is 11.6. The van der Waals surface area contributed by atoms with Gasteiger partial charge in [0.1, 0.15) is 0 Å². The van der Waals surface area contributed by atoms with Crippen molar-refractivity contribution in [3.05, 3.63) is 74.9 Å². The third kappa shape index (κ3) is 2.45. The molecule has 0 saturated carbocycles. The fraction of sp³-hybridized carbons (Fsp3) is 0.125. The topological polar surface area (TPSA) is 43.1 Å². The summed E-state index contributed by atoms with van der Waals surface area (Å²) in [6, 6.07) is 13.0. The Morgan fingerprint density at radius 1 is 1.20 bits per heavy atom. The van der Waals surface area contributed by atoms with Crippen LogP contribution in [0.15, 0.2) is 51.7 Å². The predicted octanol–water partition coefficient (Wildman–Crippen LogP) is 3.74. The largest absolute Gasteiger partial charge is 0.408 e. The Morgan fingerprint density at radius 3 is 2.80 bits per heavy atom. The van der Waals surface area contributed by atoms with E-state index in [2.05, 4.69) is 4.98 Å². The van der Waals surface area contributed by atoms with Gasteiger partial charge in [-0.2, -0.15) is 0 Å². The average Bonchev–Trinajstić information content (AvgIpc) is 2.42. The van der Waals surface area contributed by atoms with Gasteiger partial charge in [-0.1, -0.05) is 41.4 Å². The van der Waals surface area contributed by atoms with Gasteiger partial charge in [-0.05, 0) is 30.7 Å². The molecule has 0 unspecified atom stereocenters. The van der Waals surface area contributed by atoms with E-state index >= 15 is 0 Å². The van der Waals surface area contributed by atoms with Crippen molar-refractivity contribution in [1.29, 1.82) is 0 Å². The highest BCUT2D eigenvalue weighted by molar-refractivity contribution is 6.31. The van der Waals surface area contributed by atoms with E-state index in [0.717, 1.165) is 11.1 Å². The quantitative estimate of drug-likeness (QED) is 0.720. The van der Waals surface area contributed by atoms with E-state index in [1.165, 1.54) is 0 Å². The van der Waals surface area contributed by atoms with Crippen molar-refractivity contribution < 1.29 is 4.42 Å². The van der Waals surface area contributed by atoms with Crippen LogP contribution in [0.1, 0.15) is 17.0 Å². The lowest BCUT2D eigenvalue weighted by molar-refractivity contribution is 0.454. The maximum absolute atomic E-state index is 12.0. The van der Waals surface area contributed by atoms with Crippen molar-refractivity contribution in [2.24, 2.45) is 0 Å². The van der Waals surface area contributed by atoms with E-state index in [0.29, 0.717) is 28.2 Å². The van der Waals surface area contributed by atoms with Gasteiger partial charge in [0, 0.05) is 5.02 Å². The van der Waals surface area contributed by atoms with E-state index in [9.17, 15) is 4.79 Å². The molecule has 2 aromatic carbocycles. The molecule has 1 aromatic heterocycles. The maximum atomic E-state index is 12.0. The van der Waals surface area contributed by atoms with Crippen LogP contribution in [0.25, 0.3) is 10.9 Å². The summed E-state index contributed by atoms with van der Waals surface area (Å²) in [5.41, 5.74) is 2.18. The molecule has 20 heavy (non-hydrogen) atoms. The number of halogens is 1. The van der Waals surface area contributed by atoms with Crippen LogP contribution in [0.4, 0.5) is 0 Å². The minimum absolute atomic E-state index is 0.360. The molecule has 0 N–H and O–H groups in total. The summed E-state index contributed by atoms with van der Waals surface area (Å²) in [6.07, 6.45) is 0.402. The molecular formula is C16H12ClNO2. The molecule has 0 amide bonds. The van der Waals surface area contributed by atoms with Crippen molar-refractivity contribution in [1.82, 2.24) is 4.98 Å². The molecule has 0 aliphatic carbocycles. The van der Waals surface area contributed by atoms with Gasteiger partial charge in [-0.25, -0.2) is 9.78 Å². The average molecular weight is 286 g/mol. The van der Waals surface area contributed by atoms with Crippen LogP contribution in [0, 0.1) is 6.92 Å². The summed E-state index contributed by atoms with van der Waals surface area (Å²) >= 11 is 6.11. The first-order valence-corrected chi connectivity index (χ1v) is 6.65. The molecule has 4 heteroatoms. The van der Waals surface area contributed by atoms with E-state index in [1.54, 1.807) is 12.1 Å². The number of aryl methyl sites for hydroxylation is 1. The van der Waals surface area contributed by atoms with Gasteiger partial charge in [0.2, 0.25) is 5.89 Å². The van der Waals surface area contributed by atoms with Crippen LogP contribution in [-0.4, -0.2) is 4.98 Å². The fourth-order valence-corrected chi connectivity index (χ4v) is 2.31. The van der Waals surface area contributed by atoms with Crippen molar-refractivity contribution >= 4 is 22.5 Å². The number of hydrogen-bond donors (Lipinski definition) is 0. The summed E-state index contributed by atoms with van der Waals surface area (Å²) in [7, 11) is 0. The van der Waals surface area contributed by atoms with Gasteiger partial charge in [0.05, 0.1) is 17.3 Å². The number of aromatic nitrogens is 1. The smallest absolute Gasteiger partial charge is 0.346 e. The minimum atomic E-state index is -0.360.